The minimum atomic E-state index is 0.194. The minimum absolute atomic E-state index is 0.194. The van der Waals surface area contributed by atoms with Crippen molar-refractivity contribution in [2.45, 2.75) is 19.4 Å². The first kappa shape index (κ1) is 22.6. The molecule has 1 aliphatic rings. The maximum absolute atomic E-state index is 6.18. The quantitative estimate of drug-likeness (QED) is 0.357. The lowest BCUT2D eigenvalue weighted by molar-refractivity contribution is 0.211. The second-order valence-electron chi connectivity index (χ2n) is 8.70. The number of para-hydroxylation sites is 1. The van der Waals surface area contributed by atoms with Crippen molar-refractivity contribution in [1.82, 2.24) is 14.9 Å². The van der Waals surface area contributed by atoms with Crippen molar-refractivity contribution in [2.75, 3.05) is 42.9 Å². The molecule has 1 atom stereocenters. The van der Waals surface area contributed by atoms with Gasteiger partial charge < -0.3 is 10.2 Å². The molecule has 1 saturated heterocycles. The van der Waals surface area contributed by atoms with E-state index in [1.165, 1.54) is 11.1 Å². The largest absolute Gasteiger partial charge is 0.369 e. The highest BCUT2D eigenvalue weighted by molar-refractivity contribution is 6.30. The molecule has 1 N–H and O–H groups in total. The molecule has 3 aromatic carbocycles. The van der Waals surface area contributed by atoms with Crippen LogP contribution in [0.1, 0.15) is 30.5 Å². The summed E-state index contributed by atoms with van der Waals surface area (Å²) in [5.74, 6) is 1.73. The van der Waals surface area contributed by atoms with E-state index in [0.717, 1.165) is 66.8 Å². The number of hydrogen-bond donors (Lipinski definition) is 1. The highest BCUT2D eigenvalue weighted by atomic mass is 35.5. The van der Waals surface area contributed by atoms with Crippen LogP contribution in [0.15, 0.2) is 78.9 Å². The van der Waals surface area contributed by atoms with Gasteiger partial charge in [0.25, 0.3) is 0 Å². The number of aromatic nitrogens is 2. The molecular formula is C28H30ClN5. The molecule has 0 amide bonds. The van der Waals surface area contributed by atoms with Crippen molar-refractivity contribution in [2.24, 2.45) is 0 Å². The monoisotopic (exact) mass is 471 g/mol. The van der Waals surface area contributed by atoms with Crippen LogP contribution in [0.25, 0.3) is 10.9 Å². The van der Waals surface area contributed by atoms with Gasteiger partial charge in [-0.05, 0) is 41.8 Å². The molecule has 0 saturated carbocycles. The third kappa shape index (κ3) is 4.86. The molecule has 1 fully saturated rings. The van der Waals surface area contributed by atoms with Gasteiger partial charge in [0.1, 0.15) is 5.82 Å². The number of nitrogens with one attached hydrogen (secondary N) is 1. The van der Waals surface area contributed by atoms with E-state index in [9.17, 15) is 0 Å². The number of fused-ring (bicyclic) bond motifs is 1. The highest BCUT2D eigenvalue weighted by Gasteiger charge is 2.27. The molecule has 0 bridgehead atoms. The predicted octanol–water partition coefficient (Wildman–Crippen LogP) is 6.02. The summed E-state index contributed by atoms with van der Waals surface area (Å²) in [4.78, 5) is 14.7. The van der Waals surface area contributed by atoms with Gasteiger partial charge >= 0.3 is 0 Å². The molecule has 5 rings (SSSR count). The molecule has 34 heavy (non-hydrogen) atoms. The van der Waals surface area contributed by atoms with Crippen molar-refractivity contribution in [1.29, 1.82) is 0 Å². The Hall–Kier alpha value is -3.15. The number of hydrogen-bond acceptors (Lipinski definition) is 5. The third-order valence-electron chi connectivity index (χ3n) is 6.40. The van der Waals surface area contributed by atoms with Gasteiger partial charge in [-0.25, -0.2) is 4.98 Å². The van der Waals surface area contributed by atoms with E-state index in [0.29, 0.717) is 0 Å². The van der Waals surface area contributed by atoms with Crippen LogP contribution >= 0.6 is 11.6 Å². The molecule has 1 aromatic heterocycles. The Morgan fingerprint density at radius 3 is 2.24 bits per heavy atom. The number of piperazine rings is 1. The number of halogens is 1. The smallest absolute Gasteiger partial charge is 0.227 e. The van der Waals surface area contributed by atoms with Crippen LogP contribution in [-0.2, 0) is 0 Å². The molecule has 0 aliphatic carbocycles. The Morgan fingerprint density at radius 2 is 1.50 bits per heavy atom. The second kappa shape index (κ2) is 10.4. The normalized spacial score (nSPS) is 15.4. The first-order valence-electron chi connectivity index (χ1n) is 12.0. The zero-order valence-electron chi connectivity index (χ0n) is 19.5. The van der Waals surface area contributed by atoms with Crippen molar-refractivity contribution in [3.8, 4) is 0 Å². The minimum Gasteiger partial charge on any atom is -0.369 e. The van der Waals surface area contributed by atoms with Crippen LogP contribution in [0.2, 0.25) is 5.02 Å². The van der Waals surface area contributed by atoms with Gasteiger partial charge in [0.2, 0.25) is 5.95 Å². The summed E-state index contributed by atoms with van der Waals surface area (Å²) in [5.41, 5.74) is 3.54. The van der Waals surface area contributed by atoms with Crippen LogP contribution in [-0.4, -0.2) is 47.6 Å². The molecule has 1 unspecified atom stereocenters. The molecule has 0 spiro atoms. The lowest BCUT2D eigenvalue weighted by atomic mass is 9.96. The summed E-state index contributed by atoms with van der Waals surface area (Å²) in [6, 6.07) is 27.4. The van der Waals surface area contributed by atoms with E-state index in [1.54, 1.807) is 0 Å². The van der Waals surface area contributed by atoms with Gasteiger partial charge in [-0.3, -0.25) is 4.90 Å². The van der Waals surface area contributed by atoms with Crippen LogP contribution in [0.5, 0.6) is 0 Å². The van der Waals surface area contributed by atoms with E-state index in [1.807, 2.05) is 24.3 Å². The van der Waals surface area contributed by atoms with Crippen molar-refractivity contribution in [3.63, 3.8) is 0 Å². The standard InChI is InChI=1S/C28H30ClN5/c1-2-16-30-27-24-10-6-7-11-25(24)31-28(32-27)34-19-17-33(18-20-34)26(21-8-4-3-5-9-21)22-12-14-23(29)15-13-22/h3-15,26H,2,16-20H2,1H3,(H,30,31,32). The van der Waals surface area contributed by atoms with Crippen LogP contribution in [0.4, 0.5) is 11.8 Å². The molecule has 0 radical (unpaired) electrons. The Morgan fingerprint density at radius 1 is 0.824 bits per heavy atom. The molecular weight excluding hydrogens is 442 g/mol. The van der Waals surface area contributed by atoms with E-state index < -0.39 is 0 Å². The summed E-state index contributed by atoms with van der Waals surface area (Å²) in [7, 11) is 0. The molecule has 2 heterocycles. The van der Waals surface area contributed by atoms with Crippen molar-refractivity contribution in [3.05, 3.63) is 95.0 Å². The Labute approximate surface area is 206 Å². The van der Waals surface area contributed by atoms with E-state index in [-0.39, 0.29) is 6.04 Å². The summed E-state index contributed by atoms with van der Waals surface area (Å²) in [6.45, 7) is 6.67. The number of benzene rings is 3. The zero-order chi connectivity index (χ0) is 23.3. The van der Waals surface area contributed by atoms with Gasteiger partial charge in [0.15, 0.2) is 0 Å². The number of nitrogens with zero attached hydrogens (tertiary/aromatic N) is 4. The first-order chi connectivity index (χ1) is 16.7. The molecule has 4 aromatic rings. The summed E-state index contributed by atoms with van der Waals surface area (Å²) in [5, 5.41) is 5.33. The molecule has 1 aliphatic heterocycles. The SMILES string of the molecule is CCCNc1nc(N2CCN(C(c3ccccc3)c3ccc(Cl)cc3)CC2)nc2ccccc12. The van der Waals surface area contributed by atoms with E-state index >= 15 is 0 Å². The Kier molecular flexibility index (Phi) is 6.93. The Balaban J connectivity index is 1.39. The summed E-state index contributed by atoms with van der Waals surface area (Å²) >= 11 is 6.18. The van der Waals surface area contributed by atoms with Gasteiger partial charge in [-0.2, -0.15) is 4.98 Å². The maximum Gasteiger partial charge on any atom is 0.227 e. The fourth-order valence-corrected chi connectivity index (χ4v) is 4.78. The lowest BCUT2D eigenvalue weighted by Crippen LogP contribution is -2.48. The number of anilines is 2. The number of rotatable bonds is 7. The van der Waals surface area contributed by atoms with Crippen LogP contribution in [0.3, 0.4) is 0 Å². The lowest BCUT2D eigenvalue weighted by Gasteiger charge is -2.40. The van der Waals surface area contributed by atoms with Crippen molar-refractivity contribution >= 4 is 34.3 Å². The first-order valence-corrected chi connectivity index (χ1v) is 12.4. The maximum atomic E-state index is 6.18. The van der Waals surface area contributed by atoms with E-state index in [4.69, 9.17) is 21.6 Å². The fraction of sp³-hybridized carbons (Fsp3) is 0.286. The average molecular weight is 472 g/mol. The highest BCUT2D eigenvalue weighted by Crippen LogP contribution is 2.31. The average Bonchev–Trinajstić information content (AvgIpc) is 2.89. The third-order valence-corrected chi connectivity index (χ3v) is 6.65. The van der Waals surface area contributed by atoms with Gasteiger partial charge in [0.05, 0.1) is 11.6 Å². The summed E-state index contributed by atoms with van der Waals surface area (Å²) in [6.07, 6.45) is 1.05. The zero-order valence-corrected chi connectivity index (χ0v) is 20.2. The van der Waals surface area contributed by atoms with Crippen LogP contribution < -0.4 is 10.2 Å². The Bertz CT molecular complexity index is 1220. The topological polar surface area (TPSA) is 44.3 Å². The molecule has 6 heteroatoms. The second-order valence-corrected chi connectivity index (χ2v) is 9.14. The van der Waals surface area contributed by atoms with Gasteiger partial charge in [-0.1, -0.05) is 73.1 Å². The van der Waals surface area contributed by atoms with Crippen LogP contribution in [0, 0.1) is 0 Å². The van der Waals surface area contributed by atoms with Gasteiger partial charge in [-0.15, -0.1) is 0 Å². The molecule has 174 valence electrons. The predicted molar refractivity (Wildman–Crippen MR) is 142 cm³/mol. The van der Waals surface area contributed by atoms with Gasteiger partial charge in [0, 0.05) is 43.1 Å². The van der Waals surface area contributed by atoms with Crippen molar-refractivity contribution < 1.29 is 0 Å². The van der Waals surface area contributed by atoms with E-state index in [2.05, 4.69) is 76.6 Å². The summed E-state index contributed by atoms with van der Waals surface area (Å²) < 4.78 is 0. The fourth-order valence-electron chi connectivity index (χ4n) is 4.66. The molecule has 5 nitrogen and oxygen atoms in total.